The number of carbonyl (C=O) groups excluding carboxylic acids is 1. The maximum absolute atomic E-state index is 13.0. The molecular weight excluding hydrogens is 739 g/mol. The second-order valence-corrected chi connectivity index (χ2v) is 13.5. The Bertz CT molecular complexity index is 1550. The molecule has 0 bridgehead atoms. The number of Topliss-reactive ketones (excluding diaryl/α,β-unsaturated/α-hetero) is 1. The molecule has 23 heteroatoms. The predicted molar refractivity (Wildman–Crippen MR) is 130 cm³/mol. The molecule has 0 aliphatic carbocycles. The van der Waals surface area contributed by atoms with Gasteiger partial charge in [-0.2, -0.15) is 74.6 Å². The molecule has 0 aromatic heterocycles. The molecular formula is C24H17F17O4S2. The van der Waals surface area contributed by atoms with E-state index < -0.39 is 57.1 Å². The van der Waals surface area contributed by atoms with Crippen molar-refractivity contribution in [3.8, 4) is 0 Å². The van der Waals surface area contributed by atoms with Crippen LogP contribution in [0.5, 0.6) is 0 Å². The van der Waals surface area contributed by atoms with E-state index in [4.69, 9.17) is 0 Å². The van der Waals surface area contributed by atoms with Crippen molar-refractivity contribution in [2.75, 3.05) is 17.3 Å². The minimum Gasteiger partial charge on any atom is -0.743 e. The smallest absolute Gasteiger partial charge is 0.460 e. The van der Waals surface area contributed by atoms with E-state index in [9.17, 15) is 92.4 Å². The number of benzene rings is 2. The van der Waals surface area contributed by atoms with Crippen LogP contribution in [0.2, 0.25) is 0 Å². The third-order valence-corrected chi connectivity index (χ3v) is 9.82. The molecule has 0 atom stereocenters. The molecule has 2 aromatic rings. The third-order valence-electron chi connectivity index (χ3n) is 6.53. The molecule has 1 aliphatic heterocycles. The molecule has 0 amide bonds. The minimum atomic E-state index is -8.92. The molecule has 4 nitrogen and oxygen atoms in total. The molecule has 1 fully saturated rings. The van der Waals surface area contributed by atoms with Crippen molar-refractivity contribution in [3.05, 3.63) is 48.0 Å². The van der Waals surface area contributed by atoms with Gasteiger partial charge in [0.1, 0.15) is 11.5 Å². The van der Waals surface area contributed by atoms with Gasteiger partial charge in [0, 0.05) is 5.56 Å². The number of alkyl halides is 17. The summed E-state index contributed by atoms with van der Waals surface area (Å²) in [6.45, 7) is 0. The summed E-state index contributed by atoms with van der Waals surface area (Å²) in [7, 11) is -7.78. The fourth-order valence-corrected chi connectivity index (χ4v) is 6.49. The van der Waals surface area contributed by atoms with Crippen LogP contribution in [0.1, 0.15) is 23.2 Å². The molecule has 0 saturated carbocycles. The minimum absolute atomic E-state index is 0.325. The number of ketones is 1. The van der Waals surface area contributed by atoms with Crippen molar-refractivity contribution in [1.29, 1.82) is 0 Å². The van der Waals surface area contributed by atoms with Crippen LogP contribution in [0.25, 0.3) is 10.8 Å². The molecule has 0 N–H and O–H groups in total. The van der Waals surface area contributed by atoms with Gasteiger partial charge < -0.3 is 4.55 Å². The summed E-state index contributed by atoms with van der Waals surface area (Å²) in [6.07, 6.45) is -5.27. The Labute approximate surface area is 255 Å². The summed E-state index contributed by atoms with van der Waals surface area (Å²) >= 11 is 0. The second-order valence-electron chi connectivity index (χ2n) is 9.77. The predicted octanol–water partition coefficient (Wildman–Crippen LogP) is 7.93. The van der Waals surface area contributed by atoms with Crippen molar-refractivity contribution in [2.45, 2.75) is 59.8 Å². The molecule has 47 heavy (non-hydrogen) atoms. The number of halogens is 17. The lowest BCUT2D eigenvalue weighted by atomic mass is 9.91. The highest BCUT2D eigenvalue weighted by molar-refractivity contribution is 7.97. The molecule has 268 valence electrons. The van der Waals surface area contributed by atoms with E-state index in [1.165, 1.54) is 29.7 Å². The summed E-state index contributed by atoms with van der Waals surface area (Å²) in [5.41, 5.74) is 0.883. The van der Waals surface area contributed by atoms with Crippen LogP contribution >= 0.6 is 0 Å². The molecule has 0 unspecified atom stereocenters. The van der Waals surface area contributed by atoms with Crippen molar-refractivity contribution in [3.63, 3.8) is 0 Å². The first kappa shape index (κ1) is 40.6. The van der Waals surface area contributed by atoms with Crippen LogP contribution < -0.4 is 0 Å². The molecule has 0 spiro atoms. The van der Waals surface area contributed by atoms with Crippen LogP contribution in [0.4, 0.5) is 74.6 Å². The lowest BCUT2D eigenvalue weighted by Crippen LogP contribution is -2.75. The fourth-order valence-electron chi connectivity index (χ4n) is 3.80. The number of carbonyl (C=O) groups is 1. The molecule has 3 rings (SSSR count). The largest absolute Gasteiger partial charge is 0.743 e. The summed E-state index contributed by atoms with van der Waals surface area (Å²) in [6, 6.07) is 14.3. The van der Waals surface area contributed by atoms with Crippen molar-refractivity contribution in [1.82, 2.24) is 0 Å². The van der Waals surface area contributed by atoms with Gasteiger partial charge in [0.05, 0.1) is 0 Å². The fraction of sp³-hybridized carbons (Fsp3) is 0.542. The SMILES string of the molecule is O=C(C[S+]1CCCC1)c1ccc2ccccc2c1.O=S(=O)([O-])C(F)(F)C(F)(F)C(F)(F)C(F)(F)C(F)(F)C(F)(F)C(F)(F)C(F)(F)F. The standard InChI is InChI=1S/C16H17OS.C8HF17O3S/c17-16(12-18-9-3-4-10-18)15-8-7-13-5-1-2-6-14(13)11-15;9-1(10,3(13,14)5(17,18)7(21,22)23)2(11,12)4(15,16)6(19,20)8(24,25)29(26,27)28/h1-2,5-8,11H,3-4,9-10,12H2;(H,26,27,28)/q+1;/p-1. The Morgan fingerprint density at radius 3 is 1.45 bits per heavy atom. The zero-order valence-corrected chi connectivity index (χ0v) is 24.1. The van der Waals surface area contributed by atoms with Crippen LogP contribution in [0.15, 0.2) is 42.5 Å². The first-order valence-electron chi connectivity index (χ1n) is 12.2. The number of fused-ring (bicyclic) bond motifs is 1. The van der Waals surface area contributed by atoms with Gasteiger partial charge in [-0.25, -0.2) is 8.42 Å². The van der Waals surface area contributed by atoms with E-state index in [0.717, 1.165) is 16.7 Å². The van der Waals surface area contributed by atoms with Crippen LogP contribution in [-0.4, -0.2) is 83.0 Å². The maximum atomic E-state index is 13.0. The van der Waals surface area contributed by atoms with E-state index in [0.29, 0.717) is 16.7 Å². The lowest BCUT2D eigenvalue weighted by molar-refractivity contribution is -0.458. The van der Waals surface area contributed by atoms with Gasteiger partial charge in [-0.05, 0) is 40.6 Å². The van der Waals surface area contributed by atoms with E-state index >= 15 is 0 Å². The van der Waals surface area contributed by atoms with E-state index in [1.807, 2.05) is 24.3 Å². The van der Waals surface area contributed by atoms with E-state index in [2.05, 4.69) is 18.2 Å². The van der Waals surface area contributed by atoms with Crippen molar-refractivity contribution in [2.24, 2.45) is 0 Å². The Morgan fingerprint density at radius 2 is 1.02 bits per heavy atom. The summed E-state index contributed by atoms with van der Waals surface area (Å²) < 4.78 is 244. The summed E-state index contributed by atoms with van der Waals surface area (Å²) in [5, 5.41) is -5.58. The van der Waals surface area contributed by atoms with Gasteiger partial charge >= 0.3 is 47.0 Å². The topological polar surface area (TPSA) is 74.3 Å². The molecule has 2 aromatic carbocycles. The number of rotatable bonds is 10. The van der Waals surface area contributed by atoms with E-state index in [1.54, 1.807) is 0 Å². The van der Waals surface area contributed by atoms with Gasteiger partial charge in [0.2, 0.25) is 5.78 Å². The summed E-state index contributed by atoms with van der Waals surface area (Å²) in [4.78, 5) is 12.3. The van der Waals surface area contributed by atoms with Crippen LogP contribution in [0.3, 0.4) is 0 Å². The first-order chi connectivity index (χ1) is 20.8. The monoisotopic (exact) mass is 756 g/mol. The highest BCUT2D eigenvalue weighted by Gasteiger charge is 2.95. The lowest BCUT2D eigenvalue weighted by Gasteiger charge is -2.42. The zero-order chi connectivity index (χ0) is 36.9. The maximum Gasteiger partial charge on any atom is 0.460 e. The van der Waals surface area contributed by atoms with Gasteiger partial charge in [-0.1, -0.05) is 36.4 Å². The Kier molecular flexibility index (Phi) is 11.0. The van der Waals surface area contributed by atoms with E-state index in [-0.39, 0.29) is 0 Å². The van der Waals surface area contributed by atoms with Gasteiger partial charge in [-0.15, -0.1) is 0 Å². The highest BCUT2D eigenvalue weighted by Crippen LogP contribution is 2.64. The normalized spacial score (nSPS) is 16.6. The van der Waals surface area contributed by atoms with Crippen molar-refractivity contribution >= 4 is 37.6 Å². The highest BCUT2D eigenvalue weighted by atomic mass is 32.2. The summed E-state index contributed by atoms with van der Waals surface area (Å²) in [5.74, 6) is -48.5. The Balaban J connectivity index is 0.000000359. The average molecular weight is 756 g/mol. The van der Waals surface area contributed by atoms with Gasteiger partial charge in [-0.3, -0.25) is 4.79 Å². The Morgan fingerprint density at radius 1 is 0.617 bits per heavy atom. The first-order valence-corrected chi connectivity index (χ1v) is 15.3. The van der Waals surface area contributed by atoms with Crippen LogP contribution in [0, 0.1) is 0 Å². The molecule has 1 saturated heterocycles. The van der Waals surface area contributed by atoms with Gasteiger partial charge in [0.15, 0.2) is 15.9 Å². The molecule has 1 heterocycles. The second kappa shape index (κ2) is 12.7. The molecule has 0 radical (unpaired) electrons. The van der Waals surface area contributed by atoms with Gasteiger partial charge in [0.25, 0.3) is 0 Å². The number of hydrogen-bond donors (Lipinski definition) is 0. The Hall–Kier alpha value is -2.56. The average Bonchev–Trinajstić information content (AvgIpc) is 3.44. The zero-order valence-electron chi connectivity index (χ0n) is 22.5. The third kappa shape index (κ3) is 6.84. The van der Waals surface area contributed by atoms with Crippen LogP contribution in [-0.2, 0) is 21.0 Å². The quantitative estimate of drug-likeness (QED) is 0.107. The van der Waals surface area contributed by atoms with Crippen molar-refractivity contribution < 1.29 is 92.4 Å². The molecule has 1 aliphatic rings. The number of hydrogen-bond acceptors (Lipinski definition) is 4.